The molecule has 109 heavy (non-hydrogen) atoms. The van der Waals surface area contributed by atoms with E-state index in [0.717, 1.165) is 113 Å². The number of quaternary nitrogens is 1. The van der Waals surface area contributed by atoms with E-state index in [4.69, 9.17) is 0 Å². The highest BCUT2D eigenvalue weighted by atomic mass is 16.5. The zero-order valence-corrected chi connectivity index (χ0v) is 60.8. The molecule has 20 rings (SSSR count). The van der Waals surface area contributed by atoms with Gasteiger partial charge in [-0.1, -0.05) is 221 Å². The summed E-state index contributed by atoms with van der Waals surface area (Å²) in [4.78, 5) is 13.2. The maximum absolute atomic E-state index is 14.0. The minimum atomic E-state index is -0.348. The first-order valence-electron chi connectivity index (χ1n) is 37.7. The molecule has 3 aliphatic rings. The van der Waals surface area contributed by atoms with Crippen LogP contribution in [0.3, 0.4) is 0 Å². The Hall–Kier alpha value is -13.6. The number of nitrogens with zero attached hydrogens (tertiary/aromatic N) is 4. The summed E-state index contributed by atoms with van der Waals surface area (Å²) in [6.07, 6.45) is 0.801. The fraction of sp³-hybridized carbons (Fsp3) is 0.0588. The predicted octanol–water partition coefficient (Wildman–Crippen LogP) is 26.7. The number of hydrogen-bond acceptors (Lipinski definition) is 5. The number of fused-ring (bicyclic) bond motifs is 10. The summed E-state index contributed by atoms with van der Waals surface area (Å²) in [7, 11) is 0. The molecular weight excluding hydrogens is 1330 g/mol. The highest BCUT2D eigenvalue weighted by molar-refractivity contribution is 6.10. The van der Waals surface area contributed by atoms with Crippen molar-refractivity contribution < 1.29 is 5.06 Å². The molecule has 0 saturated heterocycles. The third kappa shape index (κ3) is 11.1. The van der Waals surface area contributed by atoms with E-state index in [1.807, 2.05) is 24.3 Å². The molecule has 0 aliphatic carbocycles. The fourth-order valence-corrected chi connectivity index (χ4v) is 17.7. The quantitative estimate of drug-likeness (QED) is 0.106. The van der Waals surface area contributed by atoms with Crippen molar-refractivity contribution in [1.82, 2.24) is 4.98 Å². The number of aromatic amines is 1. The maximum atomic E-state index is 14.0. The normalized spacial score (nSPS) is 14.1. The Labute approximate surface area is 636 Å². The molecule has 16 aromatic carbocycles. The van der Waals surface area contributed by atoms with Crippen LogP contribution >= 0.6 is 0 Å². The molecule has 0 bridgehead atoms. The molecular formula is C102H76N6O. The number of benzene rings is 16. The summed E-state index contributed by atoms with van der Waals surface area (Å²) in [6, 6.07) is 138. The van der Waals surface area contributed by atoms with Gasteiger partial charge in [0.15, 0.2) is 0 Å². The van der Waals surface area contributed by atoms with Gasteiger partial charge < -0.3 is 34.9 Å². The van der Waals surface area contributed by atoms with Crippen LogP contribution in [0.15, 0.2) is 382 Å². The maximum Gasteiger partial charge on any atom is 0.144 e. The van der Waals surface area contributed by atoms with Gasteiger partial charge in [-0.05, 0) is 249 Å². The van der Waals surface area contributed by atoms with Gasteiger partial charge in [-0.15, -0.1) is 0 Å². The van der Waals surface area contributed by atoms with Gasteiger partial charge in [0.25, 0.3) is 0 Å². The summed E-state index contributed by atoms with van der Waals surface area (Å²) < 4.78 is 0. The van der Waals surface area contributed by atoms with E-state index in [-0.39, 0.29) is 15.9 Å². The summed E-state index contributed by atoms with van der Waals surface area (Å²) in [5.41, 5.74) is 34.2. The molecule has 0 radical (unpaired) electrons. The van der Waals surface area contributed by atoms with Crippen molar-refractivity contribution in [2.24, 2.45) is 0 Å². The molecule has 17 aromatic rings. The second kappa shape index (κ2) is 26.2. The molecule has 4 heterocycles. The third-order valence-electron chi connectivity index (χ3n) is 23.2. The van der Waals surface area contributed by atoms with Crippen LogP contribution in [0, 0.1) is 5.21 Å². The Morgan fingerprint density at radius 1 is 0.294 bits per heavy atom. The fourth-order valence-electron chi connectivity index (χ4n) is 17.7. The van der Waals surface area contributed by atoms with Gasteiger partial charge in [0.05, 0.1) is 33.9 Å². The Morgan fingerprint density at radius 3 is 0.972 bits per heavy atom. The van der Waals surface area contributed by atoms with E-state index >= 15 is 0 Å². The van der Waals surface area contributed by atoms with Gasteiger partial charge in [0, 0.05) is 90.3 Å². The van der Waals surface area contributed by atoms with Crippen LogP contribution in [-0.4, -0.2) is 4.98 Å². The van der Waals surface area contributed by atoms with Gasteiger partial charge in [0.2, 0.25) is 0 Å². The lowest BCUT2D eigenvalue weighted by molar-refractivity contribution is -0.694. The zero-order valence-electron chi connectivity index (χ0n) is 60.8. The number of para-hydroxylation sites is 7. The van der Waals surface area contributed by atoms with Crippen LogP contribution in [0.1, 0.15) is 48.6 Å². The summed E-state index contributed by atoms with van der Waals surface area (Å²) in [5, 5.41) is 16.5. The van der Waals surface area contributed by atoms with Crippen LogP contribution in [-0.2, 0) is 17.3 Å². The van der Waals surface area contributed by atoms with Crippen LogP contribution in [0.4, 0.5) is 79.6 Å². The Bertz CT molecular complexity index is 6180. The number of aromatic nitrogens is 1. The second-order valence-electron chi connectivity index (χ2n) is 29.9. The topological polar surface area (TPSA) is 56.2 Å². The van der Waals surface area contributed by atoms with E-state index < -0.39 is 0 Å². The van der Waals surface area contributed by atoms with Crippen molar-refractivity contribution >= 4 is 101 Å². The number of nitrogens with one attached hydrogen (secondary N) is 2. The van der Waals surface area contributed by atoms with E-state index in [1.54, 1.807) is 0 Å². The standard InChI is InChI=1S/C102H76N6O/c1-101(2)89-27-13-17-31-97(89)106(98-32-18-14-28-90(98)101)83-55-41-69(42-56-83)73-45-59-93-85(63-73)86-64-74(46-60-94(86)103-93)70-43-57-84(58-44-70)107-99-33-19-15-29-91(99)102(3,92-30-16-20-34-100(92)107)67-68-35-49-80(50-36-68)105(79-25-11-6-12-26-79)82-53-39-72(40-54-82)76-48-62-96-88(66-76)87-65-75(47-61-95(87)108(96)109)71-37-51-81(52-38-71)104(77-21-7-4-8-22-77)78-23-9-5-10-24-78/h4-66,103,108H,67H2,1-3H3. The molecule has 2 N–H and O–H groups in total. The van der Waals surface area contributed by atoms with E-state index in [1.165, 1.54) is 78.0 Å². The van der Waals surface area contributed by atoms with Crippen molar-refractivity contribution in [3.05, 3.63) is 415 Å². The van der Waals surface area contributed by atoms with Gasteiger partial charge in [-0.25, -0.2) is 0 Å². The first-order chi connectivity index (χ1) is 53.6. The Morgan fingerprint density at radius 2 is 0.587 bits per heavy atom. The molecule has 0 amide bonds. The van der Waals surface area contributed by atoms with Crippen LogP contribution in [0.5, 0.6) is 0 Å². The molecule has 1 atom stereocenters. The highest BCUT2D eigenvalue weighted by Crippen LogP contribution is 2.55. The third-order valence-corrected chi connectivity index (χ3v) is 23.2. The minimum Gasteiger partial charge on any atom is -0.623 e. The molecule has 0 spiro atoms. The Kier molecular flexibility index (Phi) is 15.6. The van der Waals surface area contributed by atoms with Crippen LogP contribution in [0.2, 0.25) is 0 Å². The number of anilines is 12. The van der Waals surface area contributed by atoms with Crippen molar-refractivity contribution in [2.45, 2.75) is 38.0 Å². The largest absolute Gasteiger partial charge is 0.623 e. The van der Waals surface area contributed by atoms with Gasteiger partial charge in [-0.2, -0.15) is 0 Å². The first kappa shape index (κ1) is 65.0. The highest BCUT2D eigenvalue weighted by Gasteiger charge is 2.41. The first-order valence-corrected chi connectivity index (χ1v) is 37.7. The summed E-state index contributed by atoms with van der Waals surface area (Å²) >= 11 is 0. The lowest BCUT2D eigenvalue weighted by atomic mass is 9.68. The van der Waals surface area contributed by atoms with Crippen molar-refractivity contribution in [2.75, 3.05) is 19.6 Å². The summed E-state index contributed by atoms with van der Waals surface area (Å²) in [6.45, 7) is 7.09. The van der Waals surface area contributed by atoms with Gasteiger partial charge in [-0.3, -0.25) is 0 Å². The lowest BCUT2D eigenvalue weighted by Crippen LogP contribution is -2.95. The number of H-pyrrole nitrogens is 1. The zero-order chi connectivity index (χ0) is 72.9. The van der Waals surface area contributed by atoms with Gasteiger partial charge in [0.1, 0.15) is 11.4 Å². The van der Waals surface area contributed by atoms with E-state index in [2.05, 4.69) is 403 Å². The molecule has 520 valence electrons. The number of hydrogen-bond donors (Lipinski definition) is 2. The molecule has 0 fully saturated rings. The average Bonchev–Trinajstić information content (AvgIpc) is 1.58. The van der Waals surface area contributed by atoms with Gasteiger partial charge >= 0.3 is 0 Å². The molecule has 3 aliphatic heterocycles. The summed E-state index contributed by atoms with van der Waals surface area (Å²) in [5.74, 6) is 0. The van der Waals surface area contributed by atoms with Crippen LogP contribution < -0.4 is 24.7 Å². The minimum absolute atomic E-state index is 0.0642. The average molecular weight is 1400 g/mol. The molecule has 0 saturated carbocycles. The lowest BCUT2D eigenvalue weighted by Gasteiger charge is -2.44. The molecule has 1 aromatic heterocycles. The van der Waals surface area contributed by atoms with Crippen molar-refractivity contribution in [3.63, 3.8) is 0 Å². The van der Waals surface area contributed by atoms with Crippen molar-refractivity contribution in [1.29, 1.82) is 0 Å². The molecule has 7 heteroatoms. The van der Waals surface area contributed by atoms with Crippen molar-refractivity contribution in [3.8, 4) is 55.6 Å². The number of rotatable bonds is 14. The molecule has 1 unspecified atom stereocenters. The molecule has 7 nitrogen and oxygen atoms in total. The monoisotopic (exact) mass is 1400 g/mol. The van der Waals surface area contributed by atoms with E-state index in [0.29, 0.717) is 0 Å². The van der Waals surface area contributed by atoms with Crippen LogP contribution in [0.25, 0.3) is 77.4 Å². The second-order valence-corrected chi connectivity index (χ2v) is 29.9. The SMILES string of the molecule is CC1(C)c2ccccc2N(c2ccc(-c3ccc4[nH]c5ccc(-c6ccc(N7c8ccccc8C(C)(Cc8ccc(N(c9ccccc9)c9ccc(-c%10ccc%11c(c%10)-c%10cc(-c%12ccc(N(c%13ccccc%13)c%13ccccc%13)cc%12)ccc%10[NH+]%11[O-])cc9)cc8)c8ccccc87)cc6)cc5c4c3)cc2)c2ccccc21. The van der Waals surface area contributed by atoms with E-state index in [9.17, 15) is 5.21 Å². The Balaban J connectivity index is 0.549. The smallest absolute Gasteiger partial charge is 0.144 e. The predicted molar refractivity (Wildman–Crippen MR) is 454 cm³/mol.